The quantitative estimate of drug-likeness (QED) is 0.411. The third-order valence-corrected chi connectivity index (χ3v) is 4.98. The minimum atomic E-state index is -0.810. The Bertz CT molecular complexity index is 1160. The molecule has 0 aliphatic carbocycles. The second-order valence-electron chi connectivity index (χ2n) is 7.16. The highest BCUT2D eigenvalue weighted by molar-refractivity contribution is 5.43. The zero-order chi connectivity index (χ0) is 23.1. The first-order valence-electron chi connectivity index (χ1n) is 10.1. The fraction of sp³-hybridized carbons (Fsp3) is 0.304. The number of nitrogens with one attached hydrogen (secondary N) is 1. The number of aromatic hydroxyl groups is 1. The largest absolute Gasteiger partial charge is 0.497 e. The standard InChI is InChI=1S/C23H26N4O5/c1-16-22(29)26(23(30)27(16)18-7-5-8-20(12-18)31-2)11-10-25-14-19(28)15-32-21-9-4-3-6-17(21)13-24/h3-9,12,19,25,28-29H,10-11,14-15H2,1-2H3. The van der Waals surface area contributed by atoms with Crippen LogP contribution in [0.3, 0.4) is 0 Å². The molecule has 0 radical (unpaired) electrons. The average Bonchev–Trinajstić information content (AvgIpc) is 3.03. The Hall–Kier alpha value is -3.74. The normalized spacial score (nSPS) is 11.7. The molecule has 2 aromatic carbocycles. The van der Waals surface area contributed by atoms with Crippen molar-refractivity contribution in [2.45, 2.75) is 19.6 Å². The number of nitrogens with zero attached hydrogens (tertiary/aromatic N) is 3. The summed E-state index contributed by atoms with van der Waals surface area (Å²) in [5.41, 5.74) is 1.05. The SMILES string of the molecule is COc1cccc(-n2c(C)c(O)n(CCNCC(O)COc3ccccc3C#N)c2=O)c1. The molecule has 1 aromatic heterocycles. The Morgan fingerprint density at radius 3 is 2.75 bits per heavy atom. The van der Waals surface area contributed by atoms with Crippen molar-refractivity contribution < 1.29 is 19.7 Å². The van der Waals surface area contributed by atoms with E-state index in [1.807, 2.05) is 6.07 Å². The lowest BCUT2D eigenvalue weighted by atomic mass is 10.2. The van der Waals surface area contributed by atoms with E-state index in [1.54, 1.807) is 62.6 Å². The molecule has 1 atom stereocenters. The maximum absolute atomic E-state index is 12.9. The van der Waals surface area contributed by atoms with Crippen LogP contribution in [0.4, 0.5) is 0 Å². The maximum atomic E-state index is 12.9. The number of hydrogen-bond acceptors (Lipinski definition) is 7. The maximum Gasteiger partial charge on any atom is 0.335 e. The van der Waals surface area contributed by atoms with Gasteiger partial charge in [0.25, 0.3) is 0 Å². The van der Waals surface area contributed by atoms with E-state index in [4.69, 9.17) is 14.7 Å². The first-order valence-corrected chi connectivity index (χ1v) is 10.1. The first kappa shape index (κ1) is 22.9. The summed E-state index contributed by atoms with van der Waals surface area (Å²) in [6.07, 6.45) is -0.810. The predicted molar refractivity (Wildman–Crippen MR) is 119 cm³/mol. The monoisotopic (exact) mass is 438 g/mol. The van der Waals surface area contributed by atoms with Crippen molar-refractivity contribution in [1.82, 2.24) is 14.5 Å². The van der Waals surface area contributed by atoms with Crippen LogP contribution in [-0.4, -0.2) is 52.3 Å². The number of hydrogen-bond donors (Lipinski definition) is 3. The zero-order valence-corrected chi connectivity index (χ0v) is 18.0. The Balaban J connectivity index is 1.56. The van der Waals surface area contributed by atoms with Gasteiger partial charge in [0.15, 0.2) is 0 Å². The van der Waals surface area contributed by atoms with E-state index in [1.165, 1.54) is 9.13 Å². The molecule has 0 spiro atoms. The number of ether oxygens (including phenoxy) is 2. The lowest BCUT2D eigenvalue weighted by molar-refractivity contribution is 0.106. The highest BCUT2D eigenvalue weighted by Crippen LogP contribution is 2.21. The van der Waals surface area contributed by atoms with Crippen molar-refractivity contribution in [2.24, 2.45) is 0 Å². The Morgan fingerprint density at radius 1 is 1.22 bits per heavy atom. The van der Waals surface area contributed by atoms with E-state index in [0.29, 0.717) is 35.0 Å². The summed E-state index contributed by atoms with van der Waals surface area (Å²) in [6.45, 7) is 2.47. The number of rotatable bonds is 10. The van der Waals surface area contributed by atoms with Crippen molar-refractivity contribution in [3.8, 4) is 29.1 Å². The molecule has 0 aliphatic rings. The van der Waals surface area contributed by atoms with Crippen LogP contribution in [0.5, 0.6) is 17.4 Å². The molecule has 32 heavy (non-hydrogen) atoms. The van der Waals surface area contributed by atoms with Gasteiger partial charge in [0.05, 0.1) is 24.1 Å². The molecule has 0 amide bonds. The number of imidazole rings is 1. The van der Waals surface area contributed by atoms with Gasteiger partial charge < -0.3 is 25.0 Å². The first-order chi connectivity index (χ1) is 15.5. The van der Waals surface area contributed by atoms with Crippen LogP contribution in [0.25, 0.3) is 5.69 Å². The molecule has 1 unspecified atom stereocenters. The molecular weight excluding hydrogens is 412 g/mol. The van der Waals surface area contributed by atoms with Crippen LogP contribution in [0.2, 0.25) is 0 Å². The number of aromatic nitrogens is 2. The van der Waals surface area contributed by atoms with Crippen LogP contribution >= 0.6 is 0 Å². The highest BCUT2D eigenvalue weighted by Gasteiger charge is 2.17. The number of methoxy groups -OCH3 is 1. The summed E-state index contributed by atoms with van der Waals surface area (Å²) >= 11 is 0. The summed E-state index contributed by atoms with van der Waals surface area (Å²) in [5, 5.41) is 32.7. The van der Waals surface area contributed by atoms with E-state index in [-0.39, 0.29) is 31.3 Å². The molecule has 1 heterocycles. The summed E-state index contributed by atoms with van der Waals surface area (Å²) in [6, 6.07) is 15.9. The molecule has 168 valence electrons. The zero-order valence-electron chi connectivity index (χ0n) is 18.0. The average molecular weight is 438 g/mol. The van der Waals surface area contributed by atoms with Gasteiger partial charge in [-0.05, 0) is 31.2 Å². The molecular formula is C23H26N4O5. The smallest absolute Gasteiger partial charge is 0.335 e. The summed E-state index contributed by atoms with van der Waals surface area (Å²) < 4.78 is 13.4. The molecule has 9 nitrogen and oxygen atoms in total. The lowest BCUT2D eigenvalue weighted by Gasteiger charge is -2.14. The Labute approximate surface area is 185 Å². The van der Waals surface area contributed by atoms with E-state index >= 15 is 0 Å². The fourth-order valence-corrected chi connectivity index (χ4v) is 3.29. The second-order valence-corrected chi connectivity index (χ2v) is 7.16. The molecule has 0 saturated heterocycles. The van der Waals surface area contributed by atoms with Gasteiger partial charge in [-0.1, -0.05) is 18.2 Å². The van der Waals surface area contributed by atoms with Gasteiger partial charge >= 0.3 is 5.69 Å². The minimum Gasteiger partial charge on any atom is -0.497 e. The Morgan fingerprint density at radius 2 is 2.00 bits per heavy atom. The van der Waals surface area contributed by atoms with E-state index in [0.717, 1.165) is 0 Å². The Kier molecular flexibility index (Phi) is 7.54. The topological polar surface area (TPSA) is 122 Å². The van der Waals surface area contributed by atoms with Crippen molar-refractivity contribution in [3.05, 3.63) is 70.3 Å². The second kappa shape index (κ2) is 10.5. The van der Waals surface area contributed by atoms with Gasteiger partial charge in [-0.3, -0.25) is 9.13 Å². The summed E-state index contributed by atoms with van der Waals surface area (Å²) in [7, 11) is 1.55. The fourth-order valence-electron chi connectivity index (χ4n) is 3.29. The summed E-state index contributed by atoms with van der Waals surface area (Å²) in [4.78, 5) is 12.9. The van der Waals surface area contributed by atoms with E-state index in [2.05, 4.69) is 5.32 Å². The molecule has 3 rings (SSSR count). The molecule has 0 saturated carbocycles. The summed E-state index contributed by atoms with van der Waals surface area (Å²) in [5.74, 6) is 0.910. The van der Waals surface area contributed by atoms with Crippen molar-refractivity contribution in [2.75, 3.05) is 26.8 Å². The van der Waals surface area contributed by atoms with Crippen molar-refractivity contribution >= 4 is 0 Å². The lowest BCUT2D eigenvalue weighted by Crippen LogP contribution is -2.34. The van der Waals surface area contributed by atoms with Gasteiger partial charge in [-0.15, -0.1) is 0 Å². The van der Waals surface area contributed by atoms with E-state index < -0.39 is 6.10 Å². The molecule has 3 aromatic rings. The van der Waals surface area contributed by atoms with Gasteiger partial charge in [0, 0.05) is 25.7 Å². The third kappa shape index (κ3) is 5.11. The predicted octanol–water partition coefficient (Wildman–Crippen LogP) is 1.56. The number of aliphatic hydroxyl groups excluding tert-OH is 1. The highest BCUT2D eigenvalue weighted by atomic mass is 16.5. The number of nitriles is 1. The van der Waals surface area contributed by atoms with Crippen LogP contribution in [0.1, 0.15) is 11.3 Å². The van der Waals surface area contributed by atoms with Gasteiger partial charge in [-0.25, -0.2) is 4.79 Å². The number of aliphatic hydroxyl groups is 1. The van der Waals surface area contributed by atoms with E-state index in [9.17, 15) is 15.0 Å². The minimum absolute atomic E-state index is 0.0161. The van der Waals surface area contributed by atoms with Crippen LogP contribution in [-0.2, 0) is 6.54 Å². The molecule has 0 aliphatic heterocycles. The van der Waals surface area contributed by atoms with Crippen LogP contribution in [0.15, 0.2) is 53.3 Å². The molecule has 9 heteroatoms. The number of benzene rings is 2. The third-order valence-electron chi connectivity index (χ3n) is 4.98. The van der Waals surface area contributed by atoms with Gasteiger partial charge in [0.2, 0.25) is 5.88 Å². The number of para-hydroxylation sites is 1. The van der Waals surface area contributed by atoms with Crippen molar-refractivity contribution in [3.63, 3.8) is 0 Å². The molecule has 0 fully saturated rings. The van der Waals surface area contributed by atoms with Crippen LogP contribution in [0, 0.1) is 18.3 Å². The van der Waals surface area contributed by atoms with Crippen LogP contribution < -0.4 is 20.5 Å². The molecule has 3 N–H and O–H groups in total. The van der Waals surface area contributed by atoms with Gasteiger partial charge in [-0.2, -0.15) is 5.26 Å². The van der Waals surface area contributed by atoms with Crippen molar-refractivity contribution in [1.29, 1.82) is 5.26 Å². The van der Waals surface area contributed by atoms with Gasteiger partial charge in [0.1, 0.15) is 30.3 Å². The molecule has 0 bridgehead atoms.